The summed E-state index contributed by atoms with van der Waals surface area (Å²) < 4.78 is 25.7. The van der Waals surface area contributed by atoms with Crippen molar-refractivity contribution in [3.05, 3.63) is 11.8 Å². The van der Waals surface area contributed by atoms with E-state index in [0.717, 1.165) is 6.20 Å². The molecular weight excluding hydrogens is 262 g/mol. The van der Waals surface area contributed by atoms with E-state index < -0.39 is 32.7 Å². The molecule has 0 aliphatic rings. The summed E-state index contributed by atoms with van der Waals surface area (Å²) in [6, 6.07) is 0. The predicted molar refractivity (Wildman–Crippen MR) is 61.7 cm³/mol. The van der Waals surface area contributed by atoms with E-state index in [9.17, 15) is 18.3 Å². The smallest absolute Gasteiger partial charge is 0.340 e. The van der Waals surface area contributed by atoms with E-state index in [4.69, 9.17) is 5.11 Å². The van der Waals surface area contributed by atoms with Crippen molar-refractivity contribution in [1.29, 1.82) is 0 Å². The average Bonchev–Trinajstić information content (AvgIpc) is 2.76. The van der Waals surface area contributed by atoms with Crippen LogP contribution in [0.4, 0.5) is 0 Å². The Morgan fingerprint density at radius 3 is 2.83 bits per heavy atom. The van der Waals surface area contributed by atoms with Crippen molar-refractivity contribution < 1.29 is 23.4 Å². The van der Waals surface area contributed by atoms with Crippen LogP contribution in [0.15, 0.2) is 11.2 Å². The van der Waals surface area contributed by atoms with E-state index in [2.05, 4.69) is 14.9 Å². The van der Waals surface area contributed by atoms with Gasteiger partial charge in [-0.1, -0.05) is 13.3 Å². The largest absolute Gasteiger partial charge is 0.478 e. The van der Waals surface area contributed by atoms with Crippen LogP contribution in [0.2, 0.25) is 0 Å². The van der Waals surface area contributed by atoms with Crippen molar-refractivity contribution in [1.82, 2.24) is 14.9 Å². The molecule has 0 spiro atoms. The predicted octanol–water partition coefficient (Wildman–Crippen LogP) is -0.453. The summed E-state index contributed by atoms with van der Waals surface area (Å²) in [5, 5.41) is 23.2. The monoisotopic (exact) mass is 277 g/mol. The Kier molecular flexibility index (Phi) is 4.82. The maximum Gasteiger partial charge on any atom is 0.340 e. The lowest BCUT2D eigenvalue weighted by molar-refractivity contribution is 0.0692. The van der Waals surface area contributed by atoms with Crippen LogP contribution in [0.3, 0.4) is 0 Å². The first kappa shape index (κ1) is 14.6. The number of carboxylic acids is 1. The lowest BCUT2D eigenvalue weighted by atomic mass is 10.2. The third-order valence-corrected chi connectivity index (χ3v) is 3.63. The normalized spacial score (nSPS) is 13.4. The van der Waals surface area contributed by atoms with Crippen molar-refractivity contribution in [2.75, 3.05) is 6.54 Å². The molecule has 1 heterocycles. The third-order valence-electron chi connectivity index (χ3n) is 2.23. The summed E-state index contributed by atoms with van der Waals surface area (Å²) in [6.07, 6.45) is 1.28. The van der Waals surface area contributed by atoms with Crippen LogP contribution in [0.25, 0.3) is 0 Å². The number of sulfonamides is 1. The Balaban J connectivity index is 2.80. The molecule has 0 amide bonds. The number of carboxylic acid groups (broad SMARTS) is 1. The van der Waals surface area contributed by atoms with Crippen molar-refractivity contribution in [3.8, 4) is 0 Å². The molecule has 1 unspecified atom stereocenters. The Bertz CT molecular complexity index is 510. The molecule has 4 N–H and O–H groups in total. The molecule has 18 heavy (non-hydrogen) atoms. The van der Waals surface area contributed by atoms with Crippen molar-refractivity contribution in [2.24, 2.45) is 0 Å². The maximum absolute atomic E-state index is 11.8. The Morgan fingerprint density at radius 2 is 2.28 bits per heavy atom. The Labute approximate surface area is 104 Å². The molecule has 0 aliphatic heterocycles. The highest BCUT2D eigenvalue weighted by molar-refractivity contribution is 7.89. The quantitative estimate of drug-likeness (QED) is 0.533. The average molecular weight is 277 g/mol. The number of aromatic amines is 1. The minimum Gasteiger partial charge on any atom is -0.478 e. The van der Waals surface area contributed by atoms with E-state index in [1.807, 2.05) is 6.92 Å². The number of hydrogen-bond acceptors (Lipinski definition) is 5. The zero-order chi connectivity index (χ0) is 13.8. The molecule has 8 nitrogen and oxygen atoms in total. The van der Waals surface area contributed by atoms with Gasteiger partial charge in [0.05, 0.1) is 12.3 Å². The summed E-state index contributed by atoms with van der Waals surface area (Å²) in [6.45, 7) is 1.68. The zero-order valence-corrected chi connectivity index (χ0v) is 10.6. The number of aliphatic hydroxyl groups is 1. The SMILES string of the molecule is CCCC(O)CNS(=O)(=O)c1[nH]ncc1C(=O)O. The standard InChI is InChI=1S/C9H15N3O5S/c1-2-3-6(13)4-11-18(16,17)8-7(9(14)15)5-10-12-8/h5-6,11,13H,2-4H2,1H3,(H,10,12)(H,14,15). The lowest BCUT2D eigenvalue weighted by Gasteiger charge is -2.10. The van der Waals surface area contributed by atoms with Gasteiger partial charge >= 0.3 is 5.97 Å². The van der Waals surface area contributed by atoms with Crippen LogP contribution in [0, 0.1) is 0 Å². The molecule has 1 aromatic heterocycles. The summed E-state index contributed by atoms with van der Waals surface area (Å²) in [5.41, 5.74) is -0.438. The number of H-pyrrole nitrogens is 1. The molecule has 102 valence electrons. The van der Waals surface area contributed by atoms with Gasteiger partial charge in [-0.25, -0.2) is 17.9 Å². The fourth-order valence-electron chi connectivity index (χ4n) is 1.34. The molecule has 0 aliphatic carbocycles. The topological polar surface area (TPSA) is 132 Å². The lowest BCUT2D eigenvalue weighted by Crippen LogP contribution is -2.33. The molecule has 0 aromatic carbocycles. The minimum atomic E-state index is -4.01. The van der Waals surface area contributed by atoms with Crippen LogP contribution in [-0.4, -0.2) is 47.4 Å². The van der Waals surface area contributed by atoms with Crippen LogP contribution < -0.4 is 4.72 Å². The second kappa shape index (κ2) is 5.94. The highest BCUT2D eigenvalue weighted by Crippen LogP contribution is 2.11. The van der Waals surface area contributed by atoms with E-state index in [1.165, 1.54) is 0 Å². The fourth-order valence-corrected chi connectivity index (χ4v) is 2.50. The second-order valence-corrected chi connectivity index (χ2v) is 5.42. The van der Waals surface area contributed by atoms with Crippen molar-refractivity contribution >= 4 is 16.0 Å². The zero-order valence-electron chi connectivity index (χ0n) is 9.75. The van der Waals surface area contributed by atoms with Crippen LogP contribution in [0.1, 0.15) is 30.1 Å². The van der Waals surface area contributed by atoms with Crippen molar-refractivity contribution in [2.45, 2.75) is 30.9 Å². The van der Waals surface area contributed by atoms with Crippen molar-refractivity contribution in [3.63, 3.8) is 0 Å². The third kappa shape index (κ3) is 3.52. The molecule has 1 rings (SSSR count). The fraction of sp³-hybridized carbons (Fsp3) is 0.556. The maximum atomic E-state index is 11.8. The minimum absolute atomic E-state index is 0.172. The van der Waals surface area contributed by atoms with Gasteiger partial charge in [-0.2, -0.15) is 5.10 Å². The van der Waals surface area contributed by atoms with E-state index >= 15 is 0 Å². The molecule has 1 atom stereocenters. The molecule has 0 saturated carbocycles. The van der Waals surface area contributed by atoms with Gasteiger partial charge in [0.25, 0.3) is 10.0 Å². The summed E-state index contributed by atoms with van der Waals surface area (Å²) in [5.74, 6) is -1.39. The van der Waals surface area contributed by atoms with Gasteiger partial charge in [0.1, 0.15) is 5.56 Å². The number of nitrogens with zero attached hydrogens (tertiary/aromatic N) is 1. The van der Waals surface area contributed by atoms with Crippen LogP contribution in [0.5, 0.6) is 0 Å². The van der Waals surface area contributed by atoms with Gasteiger partial charge in [-0.15, -0.1) is 0 Å². The Hall–Kier alpha value is -1.45. The van der Waals surface area contributed by atoms with Gasteiger partial charge in [0.2, 0.25) is 0 Å². The second-order valence-electron chi connectivity index (χ2n) is 3.71. The molecule has 0 bridgehead atoms. The number of rotatable bonds is 7. The van der Waals surface area contributed by atoms with E-state index in [-0.39, 0.29) is 6.54 Å². The summed E-state index contributed by atoms with van der Waals surface area (Å²) in [7, 11) is -4.01. The first-order valence-corrected chi connectivity index (χ1v) is 6.81. The highest BCUT2D eigenvalue weighted by Gasteiger charge is 2.25. The molecule has 0 fully saturated rings. The van der Waals surface area contributed by atoms with Gasteiger partial charge in [0.15, 0.2) is 5.03 Å². The van der Waals surface area contributed by atoms with Crippen LogP contribution >= 0.6 is 0 Å². The van der Waals surface area contributed by atoms with Gasteiger partial charge in [-0.05, 0) is 6.42 Å². The number of aliphatic hydroxyl groups excluding tert-OH is 1. The molecule has 0 radical (unpaired) electrons. The number of hydrogen-bond donors (Lipinski definition) is 4. The van der Waals surface area contributed by atoms with E-state index in [1.54, 1.807) is 0 Å². The molecule has 9 heteroatoms. The van der Waals surface area contributed by atoms with Gasteiger partial charge in [-0.3, -0.25) is 5.10 Å². The summed E-state index contributed by atoms with van der Waals surface area (Å²) >= 11 is 0. The van der Waals surface area contributed by atoms with E-state index in [0.29, 0.717) is 12.8 Å². The number of carbonyl (C=O) groups is 1. The number of nitrogens with one attached hydrogen (secondary N) is 2. The first-order chi connectivity index (χ1) is 8.38. The number of aromatic nitrogens is 2. The van der Waals surface area contributed by atoms with Gasteiger partial charge in [0, 0.05) is 6.54 Å². The molecular formula is C9H15N3O5S. The first-order valence-electron chi connectivity index (χ1n) is 5.33. The molecule has 1 aromatic rings. The number of aromatic carboxylic acids is 1. The Morgan fingerprint density at radius 1 is 1.61 bits per heavy atom. The molecule has 0 saturated heterocycles. The highest BCUT2D eigenvalue weighted by atomic mass is 32.2. The van der Waals surface area contributed by atoms with Crippen LogP contribution in [-0.2, 0) is 10.0 Å². The van der Waals surface area contributed by atoms with Gasteiger partial charge < -0.3 is 10.2 Å². The summed E-state index contributed by atoms with van der Waals surface area (Å²) in [4.78, 5) is 10.8.